The van der Waals surface area contributed by atoms with E-state index in [1.807, 2.05) is 0 Å². The molecule has 0 N–H and O–H groups in total. The molecule has 0 amide bonds. The van der Waals surface area contributed by atoms with Crippen LogP contribution in [0, 0.1) is 23.3 Å². The van der Waals surface area contributed by atoms with Gasteiger partial charge in [-0.25, -0.2) is 22.4 Å². The molecule has 7 rings (SSSR count). The summed E-state index contributed by atoms with van der Waals surface area (Å²) in [6.07, 6.45) is 3.07. The second-order valence-corrected chi connectivity index (χ2v) is 9.31. The Kier molecular flexibility index (Phi) is 5.09. The highest BCUT2D eigenvalue weighted by Gasteiger charge is 2.48. The van der Waals surface area contributed by atoms with Gasteiger partial charge in [0.15, 0.2) is 18.6 Å². The summed E-state index contributed by atoms with van der Waals surface area (Å²) in [6.45, 7) is 0. The summed E-state index contributed by atoms with van der Waals surface area (Å²) in [5.41, 5.74) is 1.69. The third-order valence-corrected chi connectivity index (χ3v) is 7.11. The Morgan fingerprint density at radius 1 is 0.590 bits per heavy atom. The van der Waals surface area contributed by atoms with Crippen molar-refractivity contribution in [2.75, 3.05) is 0 Å². The molecule has 2 aromatic carbocycles. The first-order valence-corrected chi connectivity index (χ1v) is 12.1. The number of halogens is 4. The summed E-state index contributed by atoms with van der Waals surface area (Å²) in [6, 6.07) is 19.1. The van der Waals surface area contributed by atoms with Crippen molar-refractivity contribution < 1.29 is 40.8 Å². The summed E-state index contributed by atoms with van der Waals surface area (Å²) in [5.74, 6) is -3.82. The van der Waals surface area contributed by atoms with E-state index in [0.717, 1.165) is 18.2 Å². The van der Waals surface area contributed by atoms with Gasteiger partial charge in [0.1, 0.15) is 28.8 Å². The first-order chi connectivity index (χ1) is 18.9. The number of nitrogens with zero attached hydrogens (tertiary/aromatic N) is 3. The molecule has 0 fully saturated rings. The van der Waals surface area contributed by atoms with Gasteiger partial charge in [-0.3, -0.25) is 0 Å². The molecule has 2 unspecified atom stereocenters. The molecule has 2 atom stereocenters. The Morgan fingerprint density at radius 3 is 1.67 bits per heavy atom. The molecule has 0 saturated heterocycles. The standard InChI is InChI=1S/C30H18F4N3O2/c31-17-13-19-26(21(33)15-17)23-7-1-4-10-35(23)28(19)36-11-5-2-8-24(36)27-20(14-18(32)16-22(27)34)29-37-12-6-3-9-25(37)30(38)39-29/h1-16,28-29H/q+3. The summed E-state index contributed by atoms with van der Waals surface area (Å²) >= 11 is 0. The average Bonchev–Trinajstić information content (AvgIpc) is 3.43. The van der Waals surface area contributed by atoms with E-state index in [9.17, 15) is 13.6 Å². The van der Waals surface area contributed by atoms with Gasteiger partial charge in [-0.05, 0) is 30.3 Å². The monoisotopic (exact) mass is 528 g/mol. The second kappa shape index (κ2) is 8.56. The van der Waals surface area contributed by atoms with E-state index in [1.54, 1.807) is 82.3 Å². The second-order valence-electron chi connectivity index (χ2n) is 9.31. The fourth-order valence-corrected chi connectivity index (χ4v) is 5.59. The molecule has 190 valence electrons. The summed E-state index contributed by atoms with van der Waals surface area (Å²) < 4.78 is 70.5. The summed E-state index contributed by atoms with van der Waals surface area (Å²) in [7, 11) is 0. The molecule has 9 heteroatoms. The number of carbonyl (C=O) groups is 1. The molecule has 0 spiro atoms. The van der Waals surface area contributed by atoms with Crippen LogP contribution in [0.1, 0.15) is 34.0 Å². The number of aromatic nitrogens is 3. The van der Waals surface area contributed by atoms with Crippen molar-refractivity contribution in [3.05, 3.63) is 138 Å². The van der Waals surface area contributed by atoms with Crippen LogP contribution in [0.15, 0.2) is 97.5 Å². The molecule has 39 heavy (non-hydrogen) atoms. The fourth-order valence-electron chi connectivity index (χ4n) is 5.59. The quantitative estimate of drug-likeness (QED) is 0.192. The van der Waals surface area contributed by atoms with Crippen LogP contribution in [0.5, 0.6) is 0 Å². The lowest BCUT2D eigenvalue weighted by atomic mass is 9.99. The maximum atomic E-state index is 15.8. The molecule has 5 nitrogen and oxygen atoms in total. The molecule has 0 aliphatic carbocycles. The molecule has 2 aliphatic rings. The zero-order chi connectivity index (χ0) is 26.8. The van der Waals surface area contributed by atoms with Crippen molar-refractivity contribution in [3.8, 4) is 22.5 Å². The Morgan fingerprint density at radius 2 is 1.08 bits per heavy atom. The molecule has 3 aromatic heterocycles. The minimum absolute atomic E-state index is 0.0117. The Hall–Kier alpha value is -4.92. The van der Waals surface area contributed by atoms with Crippen molar-refractivity contribution in [2.24, 2.45) is 0 Å². The van der Waals surface area contributed by atoms with Crippen LogP contribution in [0.4, 0.5) is 17.6 Å². The lowest BCUT2D eigenvalue weighted by Gasteiger charge is -2.14. The number of ether oxygens (including phenoxy) is 1. The lowest BCUT2D eigenvalue weighted by Crippen LogP contribution is -2.57. The Balaban J connectivity index is 1.49. The number of carbonyl (C=O) groups excluding carboxylic acids is 1. The SMILES string of the molecule is O=C1OC(c2cc(F)cc(F)c2-c2cccc[n+]2C2c3cc(F)cc(F)c3-c3cccc[n+]32)[n+]2ccccc21. The molecule has 0 saturated carbocycles. The van der Waals surface area contributed by atoms with Crippen LogP contribution in [0.25, 0.3) is 22.5 Å². The topological polar surface area (TPSA) is 37.9 Å². The highest BCUT2D eigenvalue weighted by molar-refractivity contribution is 5.87. The van der Waals surface area contributed by atoms with E-state index < -0.39 is 41.6 Å². The van der Waals surface area contributed by atoms with Crippen LogP contribution in [0.2, 0.25) is 0 Å². The molecule has 5 aromatic rings. The van der Waals surface area contributed by atoms with Gasteiger partial charge >= 0.3 is 18.4 Å². The largest absolute Gasteiger partial charge is 0.409 e. The van der Waals surface area contributed by atoms with E-state index >= 15 is 8.78 Å². The summed E-state index contributed by atoms with van der Waals surface area (Å²) in [5, 5.41) is 0. The van der Waals surface area contributed by atoms with Gasteiger partial charge in [-0.1, -0.05) is 0 Å². The zero-order valence-electron chi connectivity index (χ0n) is 20.1. The van der Waals surface area contributed by atoms with Crippen LogP contribution in [-0.2, 0) is 4.74 Å². The number of rotatable bonds is 3. The van der Waals surface area contributed by atoms with Gasteiger partial charge in [-0.2, -0.15) is 0 Å². The normalized spacial score (nSPS) is 17.0. The van der Waals surface area contributed by atoms with Crippen molar-refractivity contribution in [1.29, 1.82) is 0 Å². The zero-order valence-corrected chi connectivity index (χ0v) is 20.1. The van der Waals surface area contributed by atoms with Crippen molar-refractivity contribution in [2.45, 2.75) is 12.4 Å². The molecular formula is C30H18F4N3O2+3. The third kappa shape index (κ3) is 3.46. The van der Waals surface area contributed by atoms with Gasteiger partial charge in [0, 0.05) is 48.5 Å². The number of hydrogen-bond acceptors (Lipinski definition) is 2. The highest BCUT2D eigenvalue weighted by Crippen LogP contribution is 2.37. The van der Waals surface area contributed by atoms with Crippen LogP contribution < -0.4 is 13.7 Å². The lowest BCUT2D eigenvalue weighted by molar-refractivity contribution is -0.920. The highest BCUT2D eigenvalue weighted by atomic mass is 19.1. The first kappa shape index (κ1) is 23.2. The number of esters is 1. The van der Waals surface area contributed by atoms with Crippen LogP contribution in [0.3, 0.4) is 0 Å². The predicted molar refractivity (Wildman–Crippen MR) is 128 cm³/mol. The third-order valence-electron chi connectivity index (χ3n) is 7.11. The molecule has 5 heterocycles. The Labute approximate surface area is 219 Å². The van der Waals surface area contributed by atoms with Crippen LogP contribution >= 0.6 is 0 Å². The van der Waals surface area contributed by atoms with Gasteiger partial charge in [0.25, 0.3) is 5.69 Å². The van der Waals surface area contributed by atoms with Crippen molar-refractivity contribution in [3.63, 3.8) is 0 Å². The number of benzene rings is 2. The smallest absolute Gasteiger partial charge is 0.390 e. The maximum Gasteiger partial charge on any atom is 0.409 e. The van der Waals surface area contributed by atoms with E-state index in [2.05, 4.69) is 0 Å². The molecule has 2 aliphatic heterocycles. The number of fused-ring (bicyclic) bond motifs is 4. The minimum Gasteiger partial charge on any atom is -0.390 e. The molecule has 0 radical (unpaired) electrons. The molecular weight excluding hydrogens is 510 g/mol. The number of pyridine rings is 3. The minimum atomic E-state index is -1.13. The molecule has 0 bridgehead atoms. The summed E-state index contributed by atoms with van der Waals surface area (Å²) in [4.78, 5) is 12.6. The van der Waals surface area contributed by atoms with Gasteiger partial charge in [-0.15, -0.1) is 13.7 Å². The number of hydrogen-bond donors (Lipinski definition) is 0. The Bertz CT molecular complexity index is 1840. The number of cyclic esters (lactones) is 1. The van der Waals surface area contributed by atoms with E-state index in [4.69, 9.17) is 4.74 Å². The van der Waals surface area contributed by atoms with Gasteiger partial charge in [0.05, 0.1) is 16.7 Å². The van der Waals surface area contributed by atoms with E-state index in [0.29, 0.717) is 11.3 Å². The predicted octanol–water partition coefficient (Wildman–Crippen LogP) is 4.57. The maximum absolute atomic E-state index is 15.8. The van der Waals surface area contributed by atoms with Gasteiger partial charge < -0.3 is 4.74 Å². The van der Waals surface area contributed by atoms with Crippen LogP contribution in [-0.4, -0.2) is 5.97 Å². The van der Waals surface area contributed by atoms with E-state index in [1.165, 1.54) is 10.6 Å². The van der Waals surface area contributed by atoms with Crippen molar-refractivity contribution >= 4 is 5.97 Å². The fraction of sp³-hybridized carbons (Fsp3) is 0.0667. The average molecular weight is 528 g/mol. The first-order valence-electron chi connectivity index (χ1n) is 12.1. The van der Waals surface area contributed by atoms with Crippen molar-refractivity contribution in [1.82, 2.24) is 0 Å². The van der Waals surface area contributed by atoms with E-state index in [-0.39, 0.29) is 28.1 Å². The van der Waals surface area contributed by atoms with Gasteiger partial charge in [0.2, 0.25) is 11.4 Å².